The molecule has 5 nitrogen and oxygen atoms in total. The number of aromatic nitrogens is 1. The lowest BCUT2D eigenvalue weighted by atomic mass is 9.79. The lowest BCUT2D eigenvalue weighted by Crippen LogP contribution is -2.44. The fourth-order valence-corrected chi connectivity index (χ4v) is 4.44. The fraction of sp³-hybridized carbons (Fsp3) is 0.120. The molecule has 0 bridgehead atoms. The number of hydrogen-bond acceptors (Lipinski definition) is 2. The average Bonchev–Trinajstić information content (AvgIpc) is 3.21. The fourth-order valence-electron chi connectivity index (χ4n) is 4.44. The summed E-state index contributed by atoms with van der Waals surface area (Å²) in [6, 6.07) is 20.2. The van der Waals surface area contributed by atoms with Crippen molar-refractivity contribution in [3.63, 3.8) is 0 Å². The minimum Gasteiger partial charge on any atom is -0.361 e. The van der Waals surface area contributed by atoms with Crippen LogP contribution in [0.1, 0.15) is 33.4 Å². The number of hydrogen-bond donors (Lipinski definition) is 2. The van der Waals surface area contributed by atoms with Crippen molar-refractivity contribution in [3.05, 3.63) is 102 Å². The van der Waals surface area contributed by atoms with Crippen LogP contribution in [0.2, 0.25) is 0 Å². The van der Waals surface area contributed by atoms with Crippen LogP contribution in [-0.2, 0) is 4.79 Å². The molecule has 4 aromatic rings. The Morgan fingerprint density at radius 2 is 1.68 bits per heavy atom. The van der Waals surface area contributed by atoms with Gasteiger partial charge in [-0.15, -0.1) is 0 Å². The second kappa shape index (κ2) is 7.40. The van der Waals surface area contributed by atoms with Gasteiger partial charge in [-0.2, -0.15) is 0 Å². The maximum Gasteiger partial charge on any atom is 0.254 e. The van der Waals surface area contributed by atoms with Gasteiger partial charge in [0, 0.05) is 41.0 Å². The number of nitrogens with zero attached hydrogens (tertiary/aromatic N) is 1. The first-order valence-electron chi connectivity index (χ1n) is 10.0. The molecule has 0 saturated carbocycles. The molecule has 1 aromatic heterocycles. The Morgan fingerprint density at radius 3 is 2.48 bits per heavy atom. The van der Waals surface area contributed by atoms with Crippen LogP contribution in [0, 0.1) is 5.82 Å². The number of aromatic amines is 1. The van der Waals surface area contributed by atoms with Gasteiger partial charge >= 0.3 is 0 Å². The van der Waals surface area contributed by atoms with Crippen LogP contribution in [-0.4, -0.2) is 28.7 Å². The molecule has 0 spiro atoms. The number of nitrogens with one attached hydrogen (secondary N) is 2. The zero-order valence-corrected chi connectivity index (χ0v) is 16.8. The summed E-state index contributed by atoms with van der Waals surface area (Å²) in [6.07, 6.45) is 1.87. The first-order chi connectivity index (χ1) is 15.0. The number of rotatable bonds is 3. The summed E-state index contributed by atoms with van der Waals surface area (Å²) in [5.74, 6) is -1.39. The van der Waals surface area contributed by atoms with Gasteiger partial charge in [-0.25, -0.2) is 4.39 Å². The van der Waals surface area contributed by atoms with E-state index in [2.05, 4.69) is 10.3 Å². The van der Waals surface area contributed by atoms with E-state index in [0.29, 0.717) is 16.8 Å². The first-order valence-corrected chi connectivity index (χ1v) is 10.0. The van der Waals surface area contributed by atoms with E-state index in [0.717, 1.165) is 16.5 Å². The van der Waals surface area contributed by atoms with E-state index in [9.17, 15) is 14.0 Å². The van der Waals surface area contributed by atoms with E-state index in [1.807, 2.05) is 42.6 Å². The van der Waals surface area contributed by atoms with Crippen molar-refractivity contribution in [2.24, 2.45) is 0 Å². The van der Waals surface area contributed by atoms with Crippen molar-refractivity contribution in [1.82, 2.24) is 9.88 Å². The van der Waals surface area contributed by atoms with Crippen molar-refractivity contribution < 1.29 is 14.0 Å². The molecule has 154 valence electrons. The van der Waals surface area contributed by atoms with Gasteiger partial charge in [-0.05, 0) is 42.0 Å². The highest BCUT2D eigenvalue weighted by atomic mass is 19.1. The van der Waals surface area contributed by atoms with Crippen molar-refractivity contribution in [2.45, 2.75) is 12.0 Å². The summed E-state index contributed by atoms with van der Waals surface area (Å²) in [5, 5.41) is 3.87. The number of carbonyl (C=O) groups is 2. The Balaban J connectivity index is 1.64. The molecular formula is C25H20FN3O2. The summed E-state index contributed by atoms with van der Waals surface area (Å²) in [6.45, 7) is 0. The first kappa shape index (κ1) is 19.1. The molecule has 0 fully saturated rings. The normalized spacial score (nSPS) is 18.1. The second-order valence-corrected chi connectivity index (χ2v) is 7.71. The van der Waals surface area contributed by atoms with Gasteiger partial charge in [0.1, 0.15) is 5.82 Å². The van der Waals surface area contributed by atoms with Crippen molar-refractivity contribution in [2.75, 3.05) is 12.4 Å². The SMILES string of the molecule is CN1C(=O)c2ccccc2C(C(=O)Nc2ccc(F)cc2)C1c1c[nH]c2ccccc12. The highest BCUT2D eigenvalue weighted by Crippen LogP contribution is 2.44. The van der Waals surface area contributed by atoms with E-state index < -0.39 is 12.0 Å². The van der Waals surface area contributed by atoms with E-state index in [1.54, 1.807) is 24.1 Å². The van der Waals surface area contributed by atoms with E-state index in [1.165, 1.54) is 24.3 Å². The summed E-state index contributed by atoms with van der Waals surface area (Å²) in [4.78, 5) is 31.6. The third kappa shape index (κ3) is 3.17. The molecule has 3 aromatic carbocycles. The molecule has 5 rings (SSSR count). The molecule has 2 amide bonds. The number of benzene rings is 3. The largest absolute Gasteiger partial charge is 0.361 e. The van der Waals surface area contributed by atoms with Crippen LogP contribution in [0.15, 0.2) is 79.0 Å². The van der Waals surface area contributed by atoms with Crippen LogP contribution in [0.3, 0.4) is 0 Å². The van der Waals surface area contributed by atoms with E-state index in [4.69, 9.17) is 0 Å². The van der Waals surface area contributed by atoms with Crippen molar-refractivity contribution >= 4 is 28.4 Å². The zero-order valence-electron chi connectivity index (χ0n) is 16.8. The summed E-state index contributed by atoms with van der Waals surface area (Å²) >= 11 is 0. The number of H-pyrrole nitrogens is 1. The van der Waals surface area contributed by atoms with Gasteiger partial charge in [0.05, 0.1) is 12.0 Å². The van der Waals surface area contributed by atoms with Crippen LogP contribution in [0.5, 0.6) is 0 Å². The Morgan fingerprint density at radius 1 is 0.968 bits per heavy atom. The standard InChI is InChI=1S/C25H20FN3O2/c1-29-23(20-14-27-21-9-5-4-6-17(20)21)22(18-7-2-3-8-19(18)25(29)31)24(30)28-16-12-10-15(26)11-13-16/h2-14,22-23,27H,1H3,(H,28,30). The Kier molecular flexibility index (Phi) is 4.55. The quantitative estimate of drug-likeness (QED) is 0.504. The Hall–Kier alpha value is -3.93. The number of anilines is 1. The van der Waals surface area contributed by atoms with Gasteiger partial charge in [-0.3, -0.25) is 9.59 Å². The summed E-state index contributed by atoms with van der Waals surface area (Å²) in [5.41, 5.74) is 3.51. The van der Waals surface area contributed by atoms with Gasteiger partial charge < -0.3 is 15.2 Å². The molecule has 1 aliphatic rings. The highest BCUT2D eigenvalue weighted by molar-refractivity contribution is 6.05. The third-order valence-corrected chi connectivity index (χ3v) is 5.91. The number of fused-ring (bicyclic) bond motifs is 2. The zero-order chi connectivity index (χ0) is 21.5. The molecule has 0 aliphatic carbocycles. The maximum absolute atomic E-state index is 13.6. The van der Waals surface area contributed by atoms with E-state index in [-0.39, 0.29) is 17.6 Å². The number of halogens is 1. The van der Waals surface area contributed by atoms with Crippen LogP contribution in [0.25, 0.3) is 10.9 Å². The molecule has 2 unspecified atom stereocenters. The monoisotopic (exact) mass is 413 g/mol. The molecule has 2 N–H and O–H groups in total. The smallest absolute Gasteiger partial charge is 0.254 e. The lowest BCUT2D eigenvalue weighted by molar-refractivity contribution is -0.119. The Labute approximate surface area is 178 Å². The number of carbonyl (C=O) groups excluding carboxylic acids is 2. The molecular weight excluding hydrogens is 393 g/mol. The average molecular weight is 413 g/mol. The van der Waals surface area contributed by atoms with Crippen LogP contribution in [0.4, 0.5) is 10.1 Å². The number of amides is 2. The topological polar surface area (TPSA) is 65.2 Å². The van der Waals surface area contributed by atoms with Gasteiger partial charge in [-0.1, -0.05) is 36.4 Å². The third-order valence-electron chi connectivity index (χ3n) is 5.91. The minimum absolute atomic E-state index is 0.128. The number of para-hydroxylation sites is 1. The Bertz CT molecular complexity index is 1300. The highest BCUT2D eigenvalue weighted by Gasteiger charge is 2.43. The van der Waals surface area contributed by atoms with Crippen molar-refractivity contribution in [3.8, 4) is 0 Å². The predicted molar refractivity (Wildman–Crippen MR) is 117 cm³/mol. The molecule has 6 heteroatoms. The summed E-state index contributed by atoms with van der Waals surface area (Å²) in [7, 11) is 1.73. The van der Waals surface area contributed by atoms with Crippen LogP contribution < -0.4 is 5.32 Å². The number of likely N-dealkylation sites (N-methyl/N-ethyl adjacent to an activating group) is 1. The predicted octanol–water partition coefficient (Wildman–Crippen LogP) is 4.86. The molecule has 1 aliphatic heterocycles. The van der Waals surface area contributed by atoms with Gasteiger partial charge in [0.15, 0.2) is 0 Å². The van der Waals surface area contributed by atoms with Gasteiger partial charge in [0.25, 0.3) is 5.91 Å². The second-order valence-electron chi connectivity index (χ2n) is 7.71. The molecule has 0 radical (unpaired) electrons. The molecule has 31 heavy (non-hydrogen) atoms. The van der Waals surface area contributed by atoms with Crippen LogP contribution >= 0.6 is 0 Å². The molecule has 0 saturated heterocycles. The summed E-state index contributed by atoms with van der Waals surface area (Å²) < 4.78 is 13.3. The molecule has 2 heterocycles. The lowest BCUT2D eigenvalue weighted by Gasteiger charge is -2.39. The molecule has 2 atom stereocenters. The van der Waals surface area contributed by atoms with Gasteiger partial charge in [0.2, 0.25) is 5.91 Å². The van der Waals surface area contributed by atoms with Crippen molar-refractivity contribution in [1.29, 1.82) is 0 Å². The maximum atomic E-state index is 13.6. The van der Waals surface area contributed by atoms with E-state index >= 15 is 0 Å². The minimum atomic E-state index is -0.636.